The largest absolute Gasteiger partial charge is 0.396 e. The molecule has 1 rings (SSSR count). The highest BCUT2D eigenvalue weighted by Gasteiger charge is 1.87. The maximum absolute atomic E-state index is 4.54. The van der Waals surface area contributed by atoms with E-state index >= 15 is 0 Å². The first kappa shape index (κ1) is 12.5. The van der Waals surface area contributed by atoms with Gasteiger partial charge in [-0.05, 0) is 24.6 Å². The summed E-state index contributed by atoms with van der Waals surface area (Å²) in [4.78, 5) is 4.07. The number of hydrazone groups is 1. The van der Waals surface area contributed by atoms with E-state index in [1.807, 2.05) is 19.1 Å². The Kier molecular flexibility index (Phi) is 7.26. The van der Waals surface area contributed by atoms with Gasteiger partial charge in [-0.25, -0.2) is 0 Å². The summed E-state index contributed by atoms with van der Waals surface area (Å²) < 4.78 is 0. The lowest BCUT2D eigenvalue weighted by Crippen LogP contribution is -1.95. The van der Waals surface area contributed by atoms with Crippen LogP contribution >= 0.6 is 12.2 Å². The second-order valence-electron chi connectivity index (χ2n) is 2.35. The number of aromatic nitrogens is 1. The van der Waals surface area contributed by atoms with E-state index in [1.54, 1.807) is 19.5 Å². The van der Waals surface area contributed by atoms with Gasteiger partial charge in [-0.1, -0.05) is 12.2 Å². The van der Waals surface area contributed by atoms with Gasteiger partial charge in [-0.15, -0.1) is 0 Å². The molecule has 0 bridgehead atoms. The van der Waals surface area contributed by atoms with Crippen LogP contribution in [0, 0.1) is 6.92 Å². The molecule has 1 aromatic heterocycles. The summed E-state index contributed by atoms with van der Waals surface area (Å²) in [5.74, 6) is 0. The molecule has 1 heterocycles. The third-order valence-electron chi connectivity index (χ3n) is 1.26. The van der Waals surface area contributed by atoms with Gasteiger partial charge in [-0.2, -0.15) is 5.10 Å². The van der Waals surface area contributed by atoms with Crippen LogP contribution in [0.3, 0.4) is 0 Å². The molecule has 0 aromatic carbocycles. The van der Waals surface area contributed by atoms with Crippen LogP contribution in [0.4, 0.5) is 0 Å². The van der Waals surface area contributed by atoms with Crippen LogP contribution in [-0.4, -0.2) is 23.7 Å². The molecule has 0 spiro atoms. The fourth-order valence-electron chi connectivity index (χ4n) is 0.787. The van der Waals surface area contributed by atoms with E-state index in [1.165, 1.54) is 0 Å². The Bertz CT molecular complexity index is 299. The first-order chi connectivity index (χ1) is 6.74. The van der Waals surface area contributed by atoms with Crippen LogP contribution in [0.25, 0.3) is 0 Å². The number of rotatable bonds is 2. The van der Waals surface area contributed by atoms with Gasteiger partial charge >= 0.3 is 0 Å². The quantitative estimate of drug-likeness (QED) is 0.431. The lowest BCUT2D eigenvalue weighted by molar-refractivity contribution is 0.908. The molecule has 0 aliphatic rings. The summed E-state index contributed by atoms with van der Waals surface area (Å²) in [5.41, 5.74) is 10.4. The zero-order chi connectivity index (χ0) is 10.8. The molecule has 0 radical (unpaired) electrons. The molecular formula is C9H14N4S. The van der Waals surface area contributed by atoms with Gasteiger partial charge in [0.2, 0.25) is 0 Å². The highest BCUT2D eigenvalue weighted by molar-refractivity contribution is 7.78. The molecular weight excluding hydrogens is 196 g/mol. The standard InChI is InChI=1S/C8H11N3.CH3NS/c1-7-5-8(3-4-10-7)6-11-9-2;2-1-3/h3-6,9H,1-2H3;1H,(H2,2,3)/b11-6+;. The number of nitrogens with one attached hydrogen (secondary N) is 1. The molecule has 0 fully saturated rings. The van der Waals surface area contributed by atoms with E-state index in [0.717, 1.165) is 16.7 Å². The fraction of sp³-hybridized carbons (Fsp3) is 0.222. The zero-order valence-corrected chi connectivity index (χ0v) is 9.08. The van der Waals surface area contributed by atoms with Crippen molar-refractivity contribution in [1.29, 1.82) is 0 Å². The summed E-state index contributed by atoms with van der Waals surface area (Å²) in [7, 11) is 1.77. The van der Waals surface area contributed by atoms with E-state index in [4.69, 9.17) is 0 Å². The van der Waals surface area contributed by atoms with Gasteiger partial charge in [0.15, 0.2) is 0 Å². The predicted molar refractivity (Wildman–Crippen MR) is 63.5 cm³/mol. The van der Waals surface area contributed by atoms with Gasteiger partial charge in [0, 0.05) is 18.9 Å². The average molecular weight is 210 g/mol. The minimum atomic E-state index is 1.00. The van der Waals surface area contributed by atoms with E-state index in [0.29, 0.717) is 0 Å². The highest BCUT2D eigenvalue weighted by Crippen LogP contribution is 1.96. The van der Waals surface area contributed by atoms with Crippen molar-refractivity contribution < 1.29 is 0 Å². The minimum Gasteiger partial charge on any atom is -0.396 e. The van der Waals surface area contributed by atoms with Crippen molar-refractivity contribution in [3.63, 3.8) is 0 Å². The molecule has 76 valence electrons. The molecule has 0 amide bonds. The van der Waals surface area contributed by atoms with Crippen LogP contribution in [-0.2, 0) is 0 Å². The second-order valence-corrected chi connectivity index (χ2v) is 2.62. The Hall–Kier alpha value is -1.49. The van der Waals surface area contributed by atoms with Crippen molar-refractivity contribution >= 4 is 23.9 Å². The Morgan fingerprint density at radius 3 is 2.79 bits per heavy atom. The lowest BCUT2D eigenvalue weighted by Gasteiger charge is -1.93. The predicted octanol–water partition coefficient (Wildman–Crippen LogP) is 0.846. The Labute approximate surface area is 89.2 Å². The Balaban J connectivity index is 0.000000500. The first-order valence-corrected chi connectivity index (χ1v) is 4.49. The van der Waals surface area contributed by atoms with E-state index < -0.39 is 0 Å². The summed E-state index contributed by atoms with van der Waals surface area (Å²) in [6.45, 7) is 1.96. The van der Waals surface area contributed by atoms with Crippen LogP contribution in [0.15, 0.2) is 23.4 Å². The van der Waals surface area contributed by atoms with Crippen molar-refractivity contribution in [1.82, 2.24) is 10.4 Å². The normalized spacial score (nSPS) is 9.00. The highest BCUT2D eigenvalue weighted by atomic mass is 32.1. The van der Waals surface area contributed by atoms with Crippen molar-refractivity contribution in [2.45, 2.75) is 6.92 Å². The number of aryl methyl sites for hydroxylation is 1. The summed E-state index contributed by atoms with van der Waals surface area (Å²) in [5, 5.41) is 3.88. The number of hydrogen-bond acceptors (Lipinski definition) is 4. The van der Waals surface area contributed by atoms with E-state index in [9.17, 15) is 0 Å². The molecule has 0 saturated heterocycles. The average Bonchev–Trinajstić information content (AvgIpc) is 2.16. The maximum atomic E-state index is 4.54. The van der Waals surface area contributed by atoms with Gasteiger partial charge < -0.3 is 11.2 Å². The molecule has 1 aromatic rings. The van der Waals surface area contributed by atoms with Gasteiger partial charge in [0.1, 0.15) is 0 Å². The van der Waals surface area contributed by atoms with Crippen LogP contribution in [0.1, 0.15) is 11.3 Å². The first-order valence-electron chi connectivity index (χ1n) is 4.02. The fourth-order valence-corrected chi connectivity index (χ4v) is 0.787. The van der Waals surface area contributed by atoms with Crippen molar-refractivity contribution in [2.75, 3.05) is 7.05 Å². The smallest absolute Gasteiger partial charge is 0.0588 e. The van der Waals surface area contributed by atoms with Gasteiger partial charge in [0.25, 0.3) is 0 Å². The van der Waals surface area contributed by atoms with Gasteiger partial charge in [-0.3, -0.25) is 4.98 Å². The van der Waals surface area contributed by atoms with Gasteiger partial charge in [0.05, 0.1) is 11.7 Å². The maximum Gasteiger partial charge on any atom is 0.0588 e. The molecule has 0 unspecified atom stereocenters. The lowest BCUT2D eigenvalue weighted by atomic mass is 10.2. The summed E-state index contributed by atoms with van der Waals surface area (Å²) in [6.07, 6.45) is 3.53. The number of nitrogens with two attached hydrogens (primary N) is 1. The van der Waals surface area contributed by atoms with Crippen LogP contribution in [0.2, 0.25) is 0 Å². The molecule has 0 aliphatic heterocycles. The molecule has 0 atom stereocenters. The molecule has 5 heteroatoms. The second kappa shape index (κ2) is 8.12. The third kappa shape index (κ3) is 6.07. The number of thiocarbonyl (C=S) groups is 1. The van der Waals surface area contributed by atoms with Crippen molar-refractivity contribution in [3.05, 3.63) is 29.6 Å². The SMILES string of the molecule is CN/N=C/c1ccnc(C)c1.NC=S. The monoisotopic (exact) mass is 210 g/mol. The zero-order valence-electron chi connectivity index (χ0n) is 8.27. The number of hydrogen-bond donors (Lipinski definition) is 2. The molecule has 14 heavy (non-hydrogen) atoms. The van der Waals surface area contributed by atoms with E-state index in [-0.39, 0.29) is 0 Å². The summed E-state index contributed by atoms with van der Waals surface area (Å²) >= 11 is 4.05. The van der Waals surface area contributed by atoms with Crippen molar-refractivity contribution in [3.8, 4) is 0 Å². The van der Waals surface area contributed by atoms with Crippen LogP contribution < -0.4 is 11.2 Å². The third-order valence-corrected chi connectivity index (χ3v) is 1.26. The number of pyridine rings is 1. The molecule has 0 saturated carbocycles. The van der Waals surface area contributed by atoms with Crippen molar-refractivity contribution in [2.24, 2.45) is 10.8 Å². The molecule has 3 N–H and O–H groups in total. The molecule has 0 aliphatic carbocycles. The molecule has 4 nitrogen and oxygen atoms in total. The van der Waals surface area contributed by atoms with E-state index in [2.05, 4.69) is 33.5 Å². The number of nitrogens with zero attached hydrogens (tertiary/aromatic N) is 2. The van der Waals surface area contributed by atoms with Crippen LogP contribution in [0.5, 0.6) is 0 Å². The Morgan fingerprint density at radius 2 is 2.29 bits per heavy atom. The summed E-state index contributed by atoms with van der Waals surface area (Å²) in [6, 6.07) is 3.88. The topological polar surface area (TPSA) is 63.3 Å². The minimum absolute atomic E-state index is 1.00. The Morgan fingerprint density at radius 1 is 1.64 bits per heavy atom.